The van der Waals surface area contributed by atoms with Crippen LogP contribution in [0, 0.1) is 5.82 Å². The van der Waals surface area contributed by atoms with E-state index in [-0.39, 0.29) is 6.54 Å². The summed E-state index contributed by atoms with van der Waals surface area (Å²) in [5, 5.41) is 15.8. The van der Waals surface area contributed by atoms with E-state index in [0.717, 1.165) is 5.56 Å². The van der Waals surface area contributed by atoms with Crippen LogP contribution in [0.2, 0.25) is 0 Å². The van der Waals surface area contributed by atoms with Gasteiger partial charge >= 0.3 is 0 Å². The molecule has 0 aliphatic rings. The standard InChI is InChI=1S/C17H15FN6O/c1-12(14-9-5-6-10-15(14)18)19-20-16(25)11-24-22-17(21-23-24)13-7-3-2-4-8-13/h2-10H,11H2,1H3,(H,20,25)/b19-12-. The average Bonchev–Trinajstić information content (AvgIpc) is 3.09. The summed E-state index contributed by atoms with van der Waals surface area (Å²) in [5.41, 5.74) is 3.86. The van der Waals surface area contributed by atoms with Crippen LogP contribution < -0.4 is 5.43 Å². The van der Waals surface area contributed by atoms with Gasteiger partial charge in [-0.25, -0.2) is 9.82 Å². The second-order valence-corrected chi connectivity index (χ2v) is 5.22. The number of carbonyl (C=O) groups excluding carboxylic acids is 1. The monoisotopic (exact) mass is 338 g/mol. The molecule has 0 bridgehead atoms. The summed E-state index contributed by atoms with van der Waals surface area (Å²) in [6, 6.07) is 15.5. The first-order valence-electron chi connectivity index (χ1n) is 7.55. The van der Waals surface area contributed by atoms with Gasteiger partial charge in [0.1, 0.15) is 12.4 Å². The van der Waals surface area contributed by atoms with Crippen molar-refractivity contribution in [1.29, 1.82) is 0 Å². The number of hydrogen-bond donors (Lipinski definition) is 1. The van der Waals surface area contributed by atoms with E-state index >= 15 is 0 Å². The van der Waals surface area contributed by atoms with E-state index in [4.69, 9.17) is 0 Å². The Morgan fingerprint density at radius 2 is 1.88 bits per heavy atom. The van der Waals surface area contributed by atoms with Crippen LogP contribution in [0.4, 0.5) is 4.39 Å². The fraction of sp³-hybridized carbons (Fsp3) is 0.118. The molecule has 1 heterocycles. The van der Waals surface area contributed by atoms with Crippen LogP contribution in [0.3, 0.4) is 0 Å². The Bertz CT molecular complexity index is 906. The summed E-state index contributed by atoms with van der Waals surface area (Å²) in [6.45, 7) is 1.47. The van der Waals surface area contributed by atoms with Gasteiger partial charge in [0, 0.05) is 11.1 Å². The second-order valence-electron chi connectivity index (χ2n) is 5.22. The van der Waals surface area contributed by atoms with Crippen LogP contribution in [0.15, 0.2) is 59.7 Å². The molecule has 1 aromatic heterocycles. The number of hydrazone groups is 1. The Hall–Kier alpha value is -3.42. The third-order valence-electron chi connectivity index (χ3n) is 3.38. The van der Waals surface area contributed by atoms with E-state index in [2.05, 4.69) is 25.9 Å². The molecule has 8 heteroatoms. The highest BCUT2D eigenvalue weighted by Crippen LogP contribution is 2.11. The van der Waals surface area contributed by atoms with E-state index in [9.17, 15) is 9.18 Å². The van der Waals surface area contributed by atoms with Gasteiger partial charge in [-0.15, -0.1) is 10.2 Å². The van der Waals surface area contributed by atoms with Crippen LogP contribution >= 0.6 is 0 Å². The molecule has 7 nitrogen and oxygen atoms in total. The number of halogens is 1. The predicted octanol–water partition coefficient (Wildman–Crippen LogP) is 2.02. The molecule has 0 fully saturated rings. The third kappa shape index (κ3) is 4.11. The molecule has 1 N–H and O–H groups in total. The molecule has 25 heavy (non-hydrogen) atoms. The van der Waals surface area contributed by atoms with Gasteiger partial charge in [-0.2, -0.15) is 9.90 Å². The average molecular weight is 338 g/mol. The summed E-state index contributed by atoms with van der Waals surface area (Å²) < 4.78 is 13.6. The maximum absolute atomic E-state index is 13.6. The van der Waals surface area contributed by atoms with Gasteiger partial charge in [0.15, 0.2) is 0 Å². The normalized spacial score (nSPS) is 11.4. The summed E-state index contributed by atoms with van der Waals surface area (Å²) >= 11 is 0. The quantitative estimate of drug-likeness (QED) is 0.570. The molecule has 0 unspecified atom stereocenters. The molecule has 0 aliphatic heterocycles. The molecule has 3 aromatic rings. The van der Waals surface area contributed by atoms with Crippen LogP contribution in [0.5, 0.6) is 0 Å². The Kier molecular flexibility index (Phi) is 4.89. The van der Waals surface area contributed by atoms with Crippen LogP contribution in [0.25, 0.3) is 11.4 Å². The molecule has 0 atom stereocenters. The highest BCUT2D eigenvalue weighted by molar-refractivity contribution is 5.99. The Morgan fingerprint density at radius 1 is 1.16 bits per heavy atom. The summed E-state index contributed by atoms with van der Waals surface area (Å²) in [6.07, 6.45) is 0. The van der Waals surface area contributed by atoms with E-state index in [0.29, 0.717) is 17.1 Å². The first-order chi connectivity index (χ1) is 12.1. The molecule has 2 aromatic carbocycles. The molecule has 0 saturated heterocycles. The van der Waals surface area contributed by atoms with E-state index < -0.39 is 11.7 Å². The SMILES string of the molecule is C/C(=N/NC(=O)Cn1nnc(-c2ccccc2)n1)c1ccccc1F. The highest BCUT2D eigenvalue weighted by atomic mass is 19.1. The molecule has 0 aliphatic carbocycles. The smallest absolute Gasteiger partial charge is 0.263 e. The number of carbonyl (C=O) groups is 1. The summed E-state index contributed by atoms with van der Waals surface area (Å²) in [5.74, 6) is -0.407. The predicted molar refractivity (Wildman–Crippen MR) is 90.0 cm³/mol. The lowest BCUT2D eigenvalue weighted by atomic mass is 10.1. The van der Waals surface area contributed by atoms with Crippen molar-refractivity contribution in [1.82, 2.24) is 25.6 Å². The van der Waals surface area contributed by atoms with Crippen LogP contribution in [-0.4, -0.2) is 31.8 Å². The van der Waals surface area contributed by atoms with E-state index in [1.807, 2.05) is 30.3 Å². The molecule has 0 spiro atoms. The fourth-order valence-electron chi connectivity index (χ4n) is 2.14. The number of nitrogens with one attached hydrogen (secondary N) is 1. The van der Waals surface area contributed by atoms with Gasteiger partial charge in [0.25, 0.3) is 5.91 Å². The molecular formula is C17H15FN6O. The maximum Gasteiger partial charge on any atom is 0.263 e. The van der Waals surface area contributed by atoms with Crippen molar-refractivity contribution >= 4 is 11.6 Å². The zero-order chi connectivity index (χ0) is 17.6. The molecular weight excluding hydrogens is 323 g/mol. The Balaban J connectivity index is 1.63. The maximum atomic E-state index is 13.6. The lowest BCUT2D eigenvalue weighted by Crippen LogP contribution is -2.25. The van der Waals surface area contributed by atoms with E-state index in [1.54, 1.807) is 25.1 Å². The van der Waals surface area contributed by atoms with Crippen LogP contribution in [-0.2, 0) is 11.3 Å². The summed E-state index contributed by atoms with van der Waals surface area (Å²) in [7, 11) is 0. The first kappa shape index (κ1) is 16.4. The van der Waals surface area contributed by atoms with E-state index in [1.165, 1.54) is 10.9 Å². The zero-order valence-electron chi connectivity index (χ0n) is 13.4. The molecule has 0 saturated carbocycles. The van der Waals surface area contributed by atoms with Crippen molar-refractivity contribution in [3.63, 3.8) is 0 Å². The van der Waals surface area contributed by atoms with Crippen molar-refractivity contribution in [3.8, 4) is 11.4 Å². The first-order valence-corrected chi connectivity index (χ1v) is 7.55. The second kappa shape index (κ2) is 7.43. The largest absolute Gasteiger partial charge is 0.271 e. The van der Waals surface area contributed by atoms with Crippen molar-refractivity contribution in [2.75, 3.05) is 0 Å². The number of nitrogens with zero attached hydrogens (tertiary/aromatic N) is 5. The number of aromatic nitrogens is 4. The zero-order valence-corrected chi connectivity index (χ0v) is 13.4. The minimum Gasteiger partial charge on any atom is -0.271 e. The summed E-state index contributed by atoms with van der Waals surface area (Å²) in [4.78, 5) is 13.1. The number of hydrogen-bond acceptors (Lipinski definition) is 5. The highest BCUT2D eigenvalue weighted by Gasteiger charge is 2.09. The molecule has 3 rings (SSSR count). The Morgan fingerprint density at radius 3 is 2.64 bits per heavy atom. The number of rotatable bonds is 5. The van der Waals surface area contributed by atoms with Crippen molar-refractivity contribution < 1.29 is 9.18 Å². The Labute approximate surface area is 143 Å². The van der Waals surface area contributed by atoms with Crippen molar-refractivity contribution in [2.24, 2.45) is 5.10 Å². The van der Waals surface area contributed by atoms with Gasteiger partial charge < -0.3 is 0 Å². The fourth-order valence-corrected chi connectivity index (χ4v) is 2.14. The number of tetrazole rings is 1. The topological polar surface area (TPSA) is 85.1 Å². The van der Waals surface area contributed by atoms with Gasteiger partial charge in [-0.1, -0.05) is 48.5 Å². The van der Waals surface area contributed by atoms with Gasteiger partial charge in [0.05, 0.1) is 5.71 Å². The minimum absolute atomic E-state index is 0.145. The lowest BCUT2D eigenvalue weighted by Gasteiger charge is -2.03. The van der Waals surface area contributed by atoms with Gasteiger partial charge in [-0.3, -0.25) is 4.79 Å². The lowest BCUT2D eigenvalue weighted by molar-refractivity contribution is -0.122. The van der Waals surface area contributed by atoms with Crippen molar-refractivity contribution in [2.45, 2.75) is 13.5 Å². The molecule has 1 amide bonds. The van der Waals surface area contributed by atoms with Crippen LogP contribution in [0.1, 0.15) is 12.5 Å². The van der Waals surface area contributed by atoms with Crippen molar-refractivity contribution in [3.05, 3.63) is 66.0 Å². The van der Waals surface area contributed by atoms with Gasteiger partial charge in [0.2, 0.25) is 5.82 Å². The van der Waals surface area contributed by atoms with Gasteiger partial charge in [-0.05, 0) is 18.2 Å². The number of amides is 1. The third-order valence-corrected chi connectivity index (χ3v) is 3.38. The molecule has 0 radical (unpaired) electrons. The molecule has 126 valence electrons. The minimum atomic E-state index is -0.437. The number of benzene rings is 2.